The van der Waals surface area contributed by atoms with E-state index in [4.69, 9.17) is 39.7 Å². The van der Waals surface area contributed by atoms with Crippen LogP contribution in [0.3, 0.4) is 0 Å². The van der Waals surface area contributed by atoms with Crippen LogP contribution in [0.1, 0.15) is 28.8 Å². The summed E-state index contributed by atoms with van der Waals surface area (Å²) in [5, 5.41) is 0. The summed E-state index contributed by atoms with van der Waals surface area (Å²) < 4.78 is 33.0. The van der Waals surface area contributed by atoms with Crippen LogP contribution >= 0.6 is 0 Å². The molecule has 0 radical (unpaired) electrons. The summed E-state index contributed by atoms with van der Waals surface area (Å²) in [4.78, 5) is 32.7. The van der Waals surface area contributed by atoms with Crippen LogP contribution in [-0.2, 0) is 19.3 Å². The SMILES string of the molecule is C#COOCCCOc1ccc(OCOc2ccc(OC(=O)c3ccc(OCCCOC(=O)C=C)cc3)cc2C)cc1. The summed E-state index contributed by atoms with van der Waals surface area (Å²) in [5.74, 6) is 1.88. The van der Waals surface area contributed by atoms with E-state index in [0.29, 0.717) is 67.0 Å². The molecular weight excluding hydrogens is 544 g/mol. The summed E-state index contributed by atoms with van der Waals surface area (Å²) in [5.41, 5.74) is 1.14. The van der Waals surface area contributed by atoms with Crippen LogP contribution in [0.25, 0.3) is 0 Å². The molecule has 10 heteroatoms. The molecule has 0 fully saturated rings. The van der Waals surface area contributed by atoms with Crippen molar-refractivity contribution in [3.8, 4) is 41.3 Å². The zero-order valence-electron chi connectivity index (χ0n) is 23.2. The number of aryl methyl sites for hydroxylation is 1. The van der Waals surface area contributed by atoms with E-state index < -0.39 is 11.9 Å². The van der Waals surface area contributed by atoms with Gasteiger partial charge in [0.15, 0.2) is 6.11 Å². The van der Waals surface area contributed by atoms with Gasteiger partial charge in [-0.25, -0.2) is 9.59 Å². The Hall–Kier alpha value is -5.14. The first-order valence-corrected chi connectivity index (χ1v) is 13.1. The molecule has 3 rings (SSSR count). The third kappa shape index (κ3) is 11.2. The minimum atomic E-state index is -0.507. The van der Waals surface area contributed by atoms with Crippen molar-refractivity contribution in [3.63, 3.8) is 0 Å². The Bertz CT molecular complexity index is 1330. The molecule has 42 heavy (non-hydrogen) atoms. The number of terminal acetylenes is 1. The smallest absolute Gasteiger partial charge is 0.343 e. The molecule has 10 nitrogen and oxygen atoms in total. The van der Waals surface area contributed by atoms with E-state index in [9.17, 15) is 9.59 Å². The molecule has 3 aromatic carbocycles. The van der Waals surface area contributed by atoms with E-state index in [1.165, 1.54) is 0 Å². The standard InChI is InChI=1S/C32H32O10/c1-4-31(33)37-20-6-18-35-26-10-8-25(9-11-26)32(34)42-29-16-17-30(24(3)22-29)39-23-38-28-14-12-27(13-15-28)36-19-7-21-41-40-5-2/h2,4,8-17,22H,1,6-7,18-21,23H2,3H3. The average molecular weight is 577 g/mol. The van der Waals surface area contributed by atoms with E-state index >= 15 is 0 Å². The molecule has 0 N–H and O–H groups in total. The van der Waals surface area contributed by atoms with E-state index in [2.05, 4.69) is 11.5 Å². The molecule has 0 aromatic heterocycles. The van der Waals surface area contributed by atoms with Gasteiger partial charge in [0.2, 0.25) is 6.79 Å². The highest BCUT2D eigenvalue weighted by Crippen LogP contribution is 2.25. The molecule has 0 aliphatic heterocycles. The Labute approximate surface area is 244 Å². The van der Waals surface area contributed by atoms with Crippen molar-refractivity contribution < 1.29 is 47.8 Å². The number of carbonyl (C=O) groups excluding carboxylic acids is 2. The first-order chi connectivity index (χ1) is 20.5. The van der Waals surface area contributed by atoms with Crippen molar-refractivity contribution >= 4 is 11.9 Å². The lowest BCUT2D eigenvalue weighted by Gasteiger charge is -2.12. The fourth-order valence-electron chi connectivity index (χ4n) is 3.36. The molecule has 0 atom stereocenters. The number of carbonyl (C=O) groups is 2. The molecule has 0 bridgehead atoms. The number of ether oxygens (including phenoxy) is 6. The summed E-state index contributed by atoms with van der Waals surface area (Å²) in [6.45, 7) is 6.53. The van der Waals surface area contributed by atoms with Crippen molar-refractivity contribution in [2.75, 3.05) is 33.2 Å². The average Bonchev–Trinajstić information content (AvgIpc) is 3.00. The third-order valence-electron chi connectivity index (χ3n) is 5.43. The van der Waals surface area contributed by atoms with Crippen LogP contribution in [0.4, 0.5) is 0 Å². The number of rotatable bonds is 18. The first kappa shape index (κ1) is 31.4. The van der Waals surface area contributed by atoms with Crippen LogP contribution in [-0.4, -0.2) is 45.2 Å². The fourth-order valence-corrected chi connectivity index (χ4v) is 3.36. The summed E-state index contributed by atoms with van der Waals surface area (Å²) in [6.07, 6.45) is 9.09. The van der Waals surface area contributed by atoms with Gasteiger partial charge >= 0.3 is 11.9 Å². The van der Waals surface area contributed by atoms with E-state index in [0.717, 1.165) is 11.6 Å². The quantitative estimate of drug-likeness (QED) is 0.0284. The molecule has 0 unspecified atom stereocenters. The van der Waals surface area contributed by atoms with E-state index in [-0.39, 0.29) is 13.4 Å². The van der Waals surface area contributed by atoms with Gasteiger partial charge < -0.3 is 28.4 Å². The lowest BCUT2D eigenvalue weighted by molar-refractivity contribution is -0.237. The van der Waals surface area contributed by atoms with Crippen molar-refractivity contribution in [2.24, 2.45) is 0 Å². The van der Waals surface area contributed by atoms with Gasteiger partial charge in [0.1, 0.15) is 28.7 Å². The topological polar surface area (TPSA) is 108 Å². The second-order valence-electron chi connectivity index (χ2n) is 8.52. The van der Waals surface area contributed by atoms with Crippen molar-refractivity contribution in [2.45, 2.75) is 19.8 Å². The van der Waals surface area contributed by atoms with Gasteiger partial charge in [-0.05, 0) is 79.2 Å². The zero-order chi connectivity index (χ0) is 30.0. The van der Waals surface area contributed by atoms with Crippen molar-refractivity contribution in [1.82, 2.24) is 0 Å². The maximum Gasteiger partial charge on any atom is 0.343 e. The van der Waals surface area contributed by atoms with Gasteiger partial charge in [-0.1, -0.05) is 13.0 Å². The highest BCUT2D eigenvalue weighted by Gasteiger charge is 2.11. The Morgan fingerprint density at radius 1 is 0.786 bits per heavy atom. The van der Waals surface area contributed by atoms with Gasteiger partial charge in [-0.15, -0.1) is 0 Å². The first-order valence-electron chi connectivity index (χ1n) is 13.1. The molecule has 0 heterocycles. The van der Waals surface area contributed by atoms with Gasteiger partial charge in [-0.2, -0.15) is 4.89 Å². The molecule has 0 aliphatic carbocycles. The number of benzene rings is 3. The van der Waals surface area contributed by atoms with Crippen LogP contribution in [0, 0.1) is 19.5 Å². The van der Waals surface area contributed by atoms with Gasteiger partial charge in [0.05, 0.1) is 32.0 Å². The molecule has 0 spiro atoms. The van der Waals surface area contributed by atoms with Gasteiger partial charge in [0, 0.05) is 18.9 Å². The normalized spacial score (nSPS) is 10.1. The molecule has 220 valence electrons. The van der Waals surface area contributed by atoms with Crippen molar-refractivity contribution in [1.29, 1.82) is 0 Å². The van der Waals surface area contributed by atoms with Crippen molar-refractivity contribution in [3.05, 3.63) is 90.5 Å². The van der Waals surface area contributed by atoms with Gasteiger partial charge in [0.25, 0.3) is 0 Å². The van der Waals surface area contributed by atoms with E-state index in [1.54, 1.807) is 66.7 Å². The Morgan fingerprint density at radius 3 is 2.00 bits per heavy atom. The highest BCUT2D eigenvalue weighted by molar-refractivity contribution is 5.91. The van der Waals surface area contributed by atoms with Crippen LogP contribution in [0.15, 0.2) is 79.4 Å². The second-order valence-corrected chi connectivity index (χ2v) is 8.52. The van der Waals surface area contributed by atoms with Crippen LogP contribution in [0.5, 0.6) is 28.7 Å². The largest absolute Gasteiger partial charge is 0.494 e. The predicted molar refractivity (Wildman–Crippen MR) is 152 cm³/mol. The Morgan fingerprint density at radius 2 is 1.38 bits per heavy atom. The maximum atomic E-state index is 12.6. The lowest BCUT2D eigenvalue weighted by atomic mass is 10.2. The summed E-state index contributed by atoms with van der Waals surface area (Å²) in [7, 11) is 0. The Kier molecular flexibility index (Phi) is 13.1. The molecule has 0 aliphatic rings. The van der Waals surface area contributed by atoms with Crippen LogP contribution in [0.2, 0.25) is 0 Å². The van der Waals surface area contributed by atoms with Gasteiger partial charge in [-0.3, -0.25) is 4.89 Å². The van der Waals surface area contributed by atoms with E-state index in [1.807, 2.05) is 13.0 Å². The minimum absolute atomic E-state index is 0.0128. The highest BCUT2D eigenvalue weighted by atomic mass is 17.2. The Balaban J connectivity index is 1.38. The lowest BCUT2D eigenvalue weighted by Crippen LogP contribution is -2.10. The number of esters is 2. The number of hydrogen-bond donors (Lipinski definition) is 0. The third-order valence-corrected chi connectivity index (χ3v) is 5.43. The molecule has 0 saturated heterocycles. The predicted octanol–water partition coefficient (Wildman–Crippen LogP) is 5.44. The minimum Gasteiger partial charge on any atom is -0.494 e. The fraction of sp³-hybridized carbons (Fsp3) is 0.250. The molecule has 0 saturated carbocycles. The number of hydrogen-bond acceptors (Lipinski definition) is 10. The molecular formula is C32H32O10. The second kappa shape index (κ2) is 17.5. The maximum absolute atomic E-state index is 12.6. The zero-order valence-corrected chi connectivity index (χ0v) is 23.2. The summed E-state index contributed by atoms with van der Waals surface area (Å²) in [6, 6.07) is 18.8. The van der Waals surface area contributed by atoms with Crippen LogP contribution < -0.4 is 23.7 Å². The molecule has 3 aromatic rings. The molecule has 0 amide bonds. The summed E-state index contributed by atoms with van der Waals surface area (Å²) >= 11 is 0. The monoisotopic (exact) mass is 576 g/mol.